The molecule has 0 aliphatic carbocycles. The van der Waals surface area contributed by atoms with Crippen LogP contribution in [0.15, 0.2) is 10.6 Å². The van der Waals surface area contributed by atoms with E-state index in [1.165, 1.54) is 0 Å². The summed E-state index contributed by atoms with van der Waals surface area (Å²) in [5.74, 6) is 1.70. The van der Waals surface area contributed by atoms with Crippen molar-refractivity contribution >= 4 is 0 Å². The van der Waals surface area contributed by atoms with Crippen molar-refractivity contribution in [3.8, 4) is 0 Å². The Kier molecular flexibility index (Phi) is 5.25. The molecule has 0 saturated carbocycles. The Bertz CT molecular complexity index is 248. The second kappa shape index (κ2) is 6.56. The van der Waals surface area contributed by atoms with Gasteiger partial charge in [-0.2, -0.15) is 0 Å². The molecule has 4 heteroatoms. The largest absolute Gasteiger partial charge is 0.446 e. The lowest BCUT2D eigenvalue weighted by Gasteiger charge is -1.97. The minimum atomic E-state index is 0.706. The van der Waals surface area contributed by atoms with Crippen LogP contribution in [0.1, 0.15) is 18.6 Å². The molecule has 1 N–H and O–H groups in total. The van der Waals surface area contributed by atoms with Gasteiger partial charge in [-0.3, -0.25) is 0 Å². The third-order valence-electron chi connectivity index (χ3n) is 1.89. The van der Waals surface area contributed by atoms with Crippen molar-refractivity contribution in [2.45, 2.75) is 19.8 Å². The van der Waals surface area contributed by atoms with Gasteiger partial charge in [0.15, 0.2) is 5.89 Å². The Hall–Kier alpha value is -0.870. The minimum Gasteiger partial charge on any atom is -0.446 e. The van der Waals surface area contributed by atoms with E-state index < -0.39 is 0 Å². The standard InChI is InChI=1S/C10H18N2O2/c1-3-13-7-5-9-8-12-10(14-9)4-6-11-2/h8,11H,3-7H2,1-2H3. The molecule has 1 heterocycles. The molecular weight excluding hydrogens is 180 g/mol. The van der Waals surface area contributed by atoms with Gasteiger partial charge in [-0.05, 0) is 14.0 Å². The first-order valence-corrected chi connectivity index (χ1v) is 5.02. The van der Waals surface area contributed by atoms with Gasteiger partial charge in [0, 0.05) is 26.0 Å². The fourth-order valence-electron chi connectivity index (χ4n) is 1.13. The lowest BCUT2D eigenvalue weighted by Crippen LogP contribution is -2.10. The highest BCUT2D eigenvalue weighted by Crippen LogP contribution is 2.04. The zero-order chi connectivity index (χ0) is 10.2. The number of rotatable bonds is 7. The van der Waals surface area contributed by atoms with E-state index in [0.717, 1.165) is 37.6 Å². The average molecular weight is 198 g/mol. The van der Waals surface area contributed by atoms with E-state index in [4.69, 9.17) is 9.15 Å². The second-order valence-corrected chi connectivity index (χ2v) is 3.02. The monoisotopic (exact) mass is 198 g/mol. The number of aromatic nitrogens is 1. The van der Waals surface area contributed by atoms with Crippen LogP contribution in [0, 0.1) is 0 Å². The molecule has 0 unspecified atom stereocenters. The van der Waals surface area contributed by atoms with E-state index in [2.05, 4.69) is 10.3 Å². The van der Waals surface area contributed by atoms with Crippen molar-refractivity contribution < 1.29 is 9.15 Å². The molecular formula is C10H18N2O2. The number of oxazole rings is 1. The lowest BCUT2D eigenvalue weighted by atomic mass is 10.4. The minimum absolute atomic E-state index is 0.706. The van der Waals surface area contributed by atoms with Crippen LogP contribution in [-0.2, 0) is 17.6 Å². The van der Waals surface area contributed by atoms with Crippen LogP contribution in [0.4, 0.5) is 0 Å². The van der Waals surface area contributed by atoms with Crippen LogP contribution < -0.4 is 5.32 Å². The van der Waals surface area contributed by atoms with Crippen molar-refractivity contribution in [3.63, 3.8) is 0 Å². The summed E-state index contributed by atoms with van der Waals surface area (Å²) in [5, 5.41) is 3.05. The zero-order valence-corrected chi connectivity index (χ0v) is 8.88. The highest BCUT2D eigenvalue weighted by atomic mass is 16.5. The zero-order valence-electron chi connectivity index (χ0n) is 8.88. The first kappa shape index (κ1) is 11.2. The van der Waals surface area contributed by atoms with Crippen LogP contribution in [0.25, 0.3) is 0 Å². The highest BCUT2D eigenvalue weighted by Gasteiger charge is 2.02. The Morgan fingerprint density at radius 3 is 3.07 bits per heavy atom. The van der Waals surface area contributed by atoms with Crippen LogP contribution in [0.3, 0.4) is 0 Å². The molecule has 14 heavy (non-hydrogen) atoms. The van der Waals surface area contributed by atoms with Gasteiger partial charge >= 0.3 is 0 Å². The highest BCUT2D eigenvalue weighted by molar-refractivity contribution is 4.94. The smallest absolute Gasteiger partial charge is 0.195 e. The molecule has 0 bridgehead atoms. The summed E-state index contributed by atoms with van der Waals surface area (Å²) in [7, 11) is 1.92. The van der Waals surface area contributed by atoms with E-state index in [9.17, 15) is 0 Å². The third-order valence-corrected chi connectivity index (χ3v) is 1.89. The number of nitrogens with one attached hydrogen (secondary N) is 1. The molecule has 4 nitrogen and oxygen atoms in total. The van der Waals surface area contributed by atoms with Crippen molar-refractivity contribution in [3.05, 3.63) is 17.8 Å². The van der Waals surface area contributed by atoms with Gasteiger partial charge in [0.25, 0.3) is 0 Å². The third kappa shape index (κ3) is 3.89. The molecule has 0 aliphatic heterocycles. The van der Waals surface area contributed by atoms with Crippen LogP contribution in [0.5, 0.6) is 0 Å². The van der Waals surface area contributed by atoms with Gasteiger partial charge in [0.1, 0.15) is 5.76 Å². The number of likely N-dealkylation sites (N-methyl/N-ethyl adjacent to an activating group) is 1. The van der Waals surface area contributed by atoms with Gasteiger partial charge in [-0.15, -0.1) is 0 Å². The van der Waals surface area contributed by atoms with E-state index >= 15 is 0 Å². The lowest BCUT2D eigenvalue weighted by molar-refractivity contribution is 0.146. The van der Waals surface area contributed by atoms with E-state index in [-0.39, 0.29) is 0 Å². The molecule has 0 aliphatic rings. The van der Waals surface area contributed by atoms with E-state index in [0.29, 0.717) is 6.61 Å². The van der Waals surface area contributed by atoms with Crippen molar-refractivity contribution in [1.82, 2.24) is 10.3 Å². The molecule has 0 atom stereocenters. The maximum atomic E-state index is 5.50. The van der Waals surface area contributed by atoms with Gasteiger partial charge in [-0.25, -0.2) is 4.98 Å². The van der Waals surface area contributed by atoms with Crippen molar-refractivity contribution in [2.75, 3.05) is 26.8 Å². The normalized spacial score (nSPS) is 10.7. The Morgan fingerprint density at radius 1 is 1.50 bits per heavy atom. The van der Waals surface area contributed by atoms with Crippen molar-refractivity contribution in [1.29, 1.82) is 0 Å². The quantitative estimate of drug-likeness (QED) is 0.664. The van der Waals surface area contributed by atoms with Crippen molar-refractivity contribution in [2.24, 2.45) is 0 Å². The first-order valence-electron chi connectivity index (χ1n) is 5.02. The van der Waals surface area contributed by atoms with Crippen LogP contribution in [0.2, 0.25) is 0 Å². The molecule has 0 amide bonds. The first-order chi connectivity index (χ1) is 6.86. The molecule has 0 saturated heterocycles. The molecule has 0 radical (unpaired) electrons. The van der Waals surface area contributed by atoms with Gasteiger partial charge in [-0.1, -0.05) is 0 Å². The SMILES string of the molecule is CCOCCc1cnc(CCNC)o1. The molecule has 1 aromatic heterocycles. The molecule has 1 aromatic rings. The van der Waals surface area contributed by atoms with Gasteiger partial charge in [0.05, 0.1) is 12.8 Å². The summed E-state index contributed by atoms with van der Waals surface area (Å²) >= 11 is 0. The van der Waals surface area contributed by atoms with E-state index in [1.54, 1.807) is 6.20 Å². The fraction of sp³-hybridized carbons (Fsp3) is 0.700. The number of hydrogen-bond acceptors (Lipinski definition) is 4. The Balaban J connectivity index is 2.27. The summed E-state index contributed by atoms with van der Waals surface area (Å²) < 4.78 is 10.7. The van der Waals surface area contributed by atoms with Crippen LogP contribution in [-0.4, -0.2) is 31.8 Å². The molecule has 1 rings (SSSR count). The maximum absolute atomic E-state index is 5.50. The summed E-state index contributed by atoms with van der Waals surface area (Å²) in [4.78, 5) is 4.17. The van der Waals surface area contributed by atoms with Gasteiger partial charge in [0.2, 0.25) is 0 Å². The molecule has 0 fully saturated rings. The van der Waals surface area contributed by atoms with Gasteiger partial charge < -0.3 is 14.5 Å². The number of ether oxygens (including phenoxy) is 1. The summed E-state index contributed by atoms with van der Waals surface area (Å²) in [6, 6.07) is 0. The summed E-state index contributed by atoms with van der Waals surface area (Å²) in [6.07, 6.45) is 3.43. The van der Waals surface area contributed by atoms with E-state index in [1.807, 2.05) is 14.0 Å². The summed E-state index contributed by atoms with van der Waals surface area (Å²) in [5.41, 5.74) is 0. The van der Waals surface area contributed by atoms with Crippen LogP contribution >= 0.6 is 0 Å². The fourth-order valence-corrected chi connectivity index (χ4v) is 1.13. The summed E-state index contributed by atoms with van der Waals surface area (Å²) in [6.45, 7) is 4.34. The molecule has 80 valence electrons. The number of nitrogens with zero attached hydrogens (tertiary/aromatic N) is 1. The predicted octanol–water partition coefficient (Wildman–Crippen LogP) is 1.02. The predicted molar refractivity (Wildman–Crippen MR) is 54.3 cm³/mol. The maximum Gasteiger partial charge on any atom is 0.195 e. The topological polar surface area (TPSA) is 47.3 Å². The molecule has 0 aromatic carbocycles. The molecule has 0 spiro atoms. The Morgan fingerprint density at radius 2 is 2.36 bits per heavy atom. The Labute approximate surface area is 84.7 Å². The second-order valence-electron chi connectivity index (χ2n) is 3.02. The average Bonchev–Trinajstić information content (AvgIpc) is 2.63. The number of hydrogen-bond donors (Lipinski definition) is 1.